The number of ether oxygens (including phenoxy) is 1. The van der Waals surface area contributed by atoms with Crippen LogP contribution < -0.4 is 20.7 Å². The highest BCUT2D eigenvalue weighted by atomic mass is 16.5. The van der Waals surface area contributed by atoms with Gasteiger partial charge in [0.15, 0.2) is 0 Å². The fourth-order valence-electron chi connectivity index (χ4n) is 4.21. The number of aryl methyl sites for hydroxylation is 2. The summed E-state index contributed by atoms with van der Waals surface area (Å²) < 4.78 is 5.45. The lowest BCUT2D eigenvalue weighted by Crippen LogP contribution is -2.41. The molecule has 0 aliphatic rings. The number of H-pyrrole nitrogens is 1. The molecule has 2 aromatic carbocycles. The quantitative estimate of drug-likeness (QED) is 0.246. The number of methoxy groups -OCH3 is 1. The molecule has 1 unspecified atom stereocenters. The molecule has 40 heavy (non-hydrogen) atoms. The van der Waals surface area contributed by atoms with Gasteiger partial charge in [-0.1, -0.05) is 24.3 Å². The number of hydrogen-bond acceptors (Lipinski definition) is 5. The molecule has 0 saturated heterocycles. The van der Waals surface area contributed by atoms with Crippen molar-refractivity contribution >= 4 is 35.2 Å². The number of benzene rings is 2. The first-order valence-electron chi connectivity index (χ1n) is 12.7. The number of urea groups is 1. The average Bonchev–Trinajstić information content (AvgIpc) is 3.23. The number of hydrogen-bond donors (Lipinski definition) is 5. The Labute approximate surface area is 232 Å². The van der Waals surface area contributed by atoms with Gasteiger partial charge < -0.3 is 35.7 Å². The van der Waals surface area contributed by atoms with Crippen molar-refractivity contribution in [3.63, 3.8) is 0 Å². The Morgan fingerprint density at radius 2 is 1.73 bits per heavy atom. The zero-order valence-corrected chi connectivity index (χ0v) is 23.3. The molecular formula is C29H35N5O6. The molecule has 5 N–H and O–H groups in total. The standard InChI is InChI=1S/C29H35N5O6/c1-17-8-6-7-9-23(17)32-29(39)33-24-11-10-20(12-26(24)40-5)13-27(36)34(4)16-21-14-22(30-18(21)2)15-25(28(37)38)31-19(3)35/h6-12,14,25,30H,13,15-16H2,1-5H3,(H,31,35)(H,37,38)(H2,32,33,39). The molecule has 0 saturated carbocycles. The molecule has 1 aromatic heterocycles. The topological polar surface area (TPSA) is 153 Å². The Kier molecular flexibility index (Phi) is 9.91. The first-order chi connectivity index (χ1) is 19.0. The van der Waals surface area contributed by atoms with Crippen LogP contribution in [0.3, 0.4) is 0 Å². The highest BCUT2D eigenvalue weighted by molar-refractivity contribution is 6.01. The highest BCUT2D eigenvalue weighted by Crippen LogP contribution is 2.27. The second kappa shape index (κ2) is 13.3. The first kappa shape index (κ1) is 29.8. The number of carboxylic acids is 1. The van der Waals surface area contributed by atoms with Crippen molar-refractivity contribution in [2.75, 3.05) is 24.8 Å². The summed E-state index contributed by atoms with van der Waals surface area (Å²) in [5.41, 5.74) is 5.11. The van der Waals surface area contributed by atoms with E-state index in [-0.39, 0.29) is 18.7 Å². The summed E-state index contributed by atoms with van der Waals surface area (Å²) in [6, 6.07) is 12.9. The number of nitrogens with one attached hydrogen (secondary N) is 4. The molecule has 0 bridgehead atoms. The lowest BCUT2D eigenvalue weighted by atomic mass is 10.1. The minimum Gasteiger partial charge on any atom is -0.495 e. The van der Waals surface area contributed by atoms with Crippen LogP contribution in [0, 0.1) is 13.8 Å². The molecule has 4 amide bonds. The van der Waals surface area contributed by atoms with E-state index in [2.05, 4.69) is 20.9 Å². The van der Waals surface area contributed by atoms with Crippen LogP contribution in [0.25, 0.3) is 0 Å². The predicted octanol–water partition coefficient (Wildman–Crippen LogP) is 3.62. The van der Waals surface area contributed by atoms with Crippen LogP contribution in [0.5, 0.6) is 5.75 Å². The number of aromatic nitrogens is 1. The predicted molar refractivity (Wildman–Crippen MR) is 151 cm³/mol. The number of para-hydroxylation sites is 1. The fourth-order valence-corrected chi connectivity index (χ4v) is 4.21. The average molecular weight is 550 g/mol. The van der Waals surface area contributed by atoms with E-state index >= 15 is 0 Å². The van der Waals surface area contributed by atoms with E-state index in [9.17, 15) is 24.3 Å². The maximum atomic E-state index is 13.0. The zero-order valence-electron chi connectivity index (χ0n) is 23.3. The molecule has 11 heteroatoms. The Bertz CT molecular complexity index is 1400. The highest BCUT2D eigenvalue weighted by Gasteiger charge is 2.21. The smallest absolute Gasteiger partial charge is 0.326 e. The monoisotopic (exact) mass is 549 g/mol. The number of aromatic amines is 1. The lowest BCUT2D eigenvalue weighted by Gasteiger charge is -2.18. The maximum Gasteiger partial charge on any atom is 0.326 e. The van der Waals surface area contributed by atoms with Crippen molar-refractivity contribution in [1.29, 1.82) is 0 Å². The summed E-state index contributed by atoms with van der Waals surface area (Å²) in [5.74, 6) is -1.26. The number of rotatable bonds is 11. The number of likely N-dealkylation sites (N-methyl/N-ethyl adjacent to an activating group) is 1. The summed E-state index contributed by atoms with van der Waals surface area (Å²) in [4.78, 5) is 53.0. The van der Waals surface area contributed by atoms with Gasteiger partial charge in [-0.25, -0.2) is 9.59 Å². The van der Waals surface area contributed by atoms with Gasteiger partial charge >= 0.3 is 12.0 Å². The number of carbonyl (C=O) groups is 4. The van der Waals surface area contributed by atoms with Gasteiger partial charge in [0, 0.05) is 44.0 Å². The molecule has 212 valence electrons. The normalized spacial score (nSPS) is 11.3. The van der Waals surface area contributed by atoms with Gasteiger partial charge in [-0.2, -0.15) is 0 Å². The molecule has 3 aromatic rings. The molecule has 1 heterocycles. The Morgan fingerprint density at radius 1 is 1.02 bits per heavy atom. The minimum atomic E-state index is -1.13. The third-order valence-corrected chi connectivity index (χ3v) is 6.37. The number of carbonyl (C=O) groups excluding carboxylic acids is 3. The fraction of sp³-hybridized carbons (Fsp3) is 0.310. The molecule has 0 aliphatic heterocycles. The largest absolute Gasteiger partial charge is 0.495 e. The van der Waals surface area contributed by atoms with Crippen LogP contribution in [-0.4, -0.2) is 59.0 Å². The summed E-state index contributed by atoms with van der Waals surface area (Å²) in [5, 5.41) is 17.4. The van der Waals surface area contributed by atoms with E-state index in [1.54, 1.807) is 30.1 Å². The van der Waals surface area contributed by atoms with E-state index in [4.69, 9.17) is 4.74 Å². The molecule has 11 nitrogen and oxygen atoms in total. The van der Waals surface area contributed by atoms with Crippen LogP contribution >= 0.6 is 0 Å². The van der Waals surface area contributed by atoms with Crippen LogP contribution in [-0.2, 0) is 33.8 Å². The van der Waals surface area contributed by atoms with Crippen LogP contribution in [0.1, 0.15) is 35.0 Å². The van der Waals surface area contributed by atoms with Gasteiger partial charge in [-0.15, -0.1) is 0 Å². The van der Waals surface area contributed by atoms with Crippen molar-refractivity contribution in [2.24, 2.45) is 0 Å². The molecular weight excluding hydrogens is 514 g/mol. The third kappa shape index (κ3) is 8.10. The number of amides is 4. The zero-order chi connectivity index (χ0) is 29.4. The van der Waals surface area contributed by atoms with Crippen molar-refractivity contribution in [2.45, 2.75) is 46.2 Å². The molecule has 0 fully saturated rings. The minimum absolute atomic E-state index is 0.0938. The van der Waals surface area contributed by atoms with Crippen molar-refractivity contribution in [3.05, 3.63) is 76.6 Å². The summed E-state index contributed by atoms with van der Waals surface area (Å²) in [6.45, 7) is 5.33. The third-order valence-electron chi connectivity index (χ3n) is 6.37. The van der Waals surface area contributed by atoms with Crippen LogP contribution in [0.2, 0.25) is 0 Å². The van der Waals surface area contributed by atoms with Gasteiger partial charge in [0.2, 0.25) is 11.8 Å². The van der Waals surface area contributed by atoms with Crippen molar-refractivity contribution < 1.29 is 29.0 Å². The maximum absolute atomic E-state index is 13.0. The van der Waals surface area contributed by atoms with Crippen LogP contribution in [0.15, 0.2) is 48.5 Å². The second-order valence-electron chi connectivity index (χ2n) is 9.60. The number of anilines is 2. The van der Waals surface area contributed by atoms with E-state index in [1.165, 1.54) is 14.0 Å². The molecule has 1 atom stereocenters. The van der Waals surface area contributed by atoms with Gasteiger partial charge in [0.1, 0.15) is 11.8 Å². The van der Waals surface area contributed by atoms with E-state index < -0.39 is 23.9 Å². The Hall–Kier alpha value is -4.80. The van der Waals surface area contributed by atoms with Gasteiger partial charge in [0.25, 0.3) is 0 Å². The second-order valence-corrected chi connectivity index (χ2v) is 9.60. The summed E-state index contributed by atoms with van der Waals surface area (Å²) in [6.07, 6.45) is 0.207. The van der Waals surface area contributed by atoms with E-state index in [0.29, 0.717) is 34.9 Å². The van der Waals surface area contributed by atoms with Crippen molar-refractivity contribution in [1.82, 2.24) is 15.2 Å². The van der Waals surface area contributed by atoms with E-state index in [1.807, 2.05) is 44.2 Å². The Balaban J connectivity index is 1.62. The molecule has 0 spiro atoms. The van der Waals surface area contributed by atoms with E-state index in [0.717, 1.165) is 16.8 Å². The van der Waals surface area contributed by atoms with Gasteiger partial charge in [-0.3, -0.25) is 9.59 Å². The SMILES string of the molecule is COc1cc(CC(=O)N(C)Cc2cc(CC(NC(C)=O)C(=O)O)[nH]c2C)ccc1NC(=O)Nc1ccccc1C. The van der Waals surface area contributed by atoms with Gasteiger partial charge in [-0.05, 0) is 54.8 Å². The molecule has 0 aliphatic carbocycles. The van der Waals surface area contributed by atoms with Gasteiger partial charge in [0.05, 0.1) is 19.2 Å². The summed E-state index contributed by atoms with van der Waals surface area (Å²) in [7, 11) is 3.18. The lowest BCUT2D eigenvalue weighted by molar-refractivity contribution is -0.141. The molecule has 3 rings (SSSR count). The Morgan fingerprint density at radius 3 is 2.38 bits per heavy atom. The first-order valence-corrected chi connectivity index (χ1v) is 12.7. The number of carboxylic acid groups (broad SMARTS) is 1. The molecule has 0 radical (unpaired) electrons. The number of nitrogens with zero attached hydrogens (tertiary/aromatic N) is 1. The summed E-state index contributed by atoms with van der Waals surface area (Å²) >= 11 is 0. The van der Waals surface area contributed by atoms with Crippen LogP contribution in [0.4, 0.5) is 16.2 Å². The van der Waals surface area contributed by atoms with Crippen molar-refractivity contribution in [3.8, 4) is 5.75 Å². The number of aliphatic carboxylic acids is 1.